The summed E-state index contributed by atoms with van der Waals surface area (Å²) < 4.78 is 1.52. The van der Waals surface area contributed by atoms with Crippen LogP contribution in [0.1, 0.15) is 38.3 Å². The summed E-state index contributed by atoms with van der Waals surface area (Å²) in [6.45, 7) is 9.80. The van der Waals surface area contributed by atoms with Gasteiger partial charge in [0, 0.05) is 25.5 Å². The van der Waals surface area contributed by atoms with Gasteiger partial charge in [-0.2, -0.15) is 4.98 Å². The van der Waals surface area contributed by atoms with Crippen LogP contribution in [0.4, 0.5) is 0 Å². The summed E-state index contributed by atoms with van der Waals surface area (Å²) in [5, 5.41) is 4.20. The molecule has 0 saturated heterocycles. The minimum Gasteiger partial charge on any atom is -0.335 e. The summed E-state index contributed by atoms with van der Waals surface area (Å²) in [6, 6.07) is 1.76. The molecule has 2 aromatic heterocycles. The van der Waals surface area contributed by atoms with Gasteiger partial charge in [-0.25, -0.2) is 9.50 Å². The molecule has 0 atom stereocenters. The van der Waals surface area contributed by atoms with Gasteiger partial charge in [-0.1, -0.05) is 27.7 Å². The van der Waals surface area contributed by atoms with E-state index in [0.29, 0.717) is 30.7 Å². The molecule has 0 bridgehead atoms. The minimum absolute atomic E-state index is 0.127. The van der Waals surface area contributed by atoms with Crippen molar-refractivity contribution in [3.63, 3.8) is 0 Å². The Morgan fingerprint density at radius 1 is 1.25 bits per heavy atom. The molecule has 108 valence electrons. The predicted molar refractivity (Wildman–Crippen MR) is 76.4 cm³/mol. The SMILES string of the molecule is CC(C)CN(CC(C)C)C(=O)c1nc2ncccn2n1. The summed E-state index contributed by atoms with van der Waals surface area (Å²) in [4.78, 5) is 22.7. The number of fused-ring (bicyclic) bond motifs is 1. The molecule has 2 aromatic rings. The van der Waals surface area contributed by atoms with E-state index >= 15 is 0 Å². The Morgan fingerprint density at radius 2 is 1.90 bits per heavy atom. The second-order valence-corrected chi connectivity index (χ2v) is 5.80. The van der Waals surface area contributed by atoms with Crippen molar-refractivity contribution < 1.29 is 4.79 Å². The molecular formula is C14H21N5O. The molecule has 2 heterocycles. The van der Waals surface area contributed by atoms with Crippen molar-refractivity contribution in [2.45, 2.75) is 27.7 Å². The van der Waals surface area contributed by atoms with Crippen molar-refractivity contribution in [2.75, 3.05) is 13.1 Å². The van der Waals surface area contributed by atoms with E-state index in [1.807, 2.05) is 4.90 Å². The van der Waals surface area contributed by atoms with Crippen molar-refractivity contribution >= 4 is 11.7 Å². The van der Waals surface area contributed by atoms with Gasteiger partial charge in [0.25, 0.3) is 11.7 Å². The first kappa shape index (κ1) is 14.4. The second-order valence-electron chi connectivity index (χ2n) is 5.80. The Kier molecular flexibility index (Phi) is 4.32. The maximum atomic E-state index is 12.5. The van der Waals surface area contributed by atoms with Crippen LogP contribution in [0.5, 0.6) is 0 Å². The molecule has 6 nitrogen and oxygen atoms in total. The highest BCUT2D eigenvalue weighted by Crippen LogP contribution is 2.08. The molecule has 0 aliphatic rings. The van der Waals surface area contributed by atoms with Gasteiger partial charge >= 0.3 is 0 Å². The third kappa shape index (κ3) is 3.31. The second kappa shape index (κ2) is 5.98. The van der Waals surface area contributed by atoms with E-state index in [1.165, 1.54) is 4.52 Å². The highest BCUT2D eigenvalue weighted by atomic mass is 16.2. The normalized spacial score (nSPS) is 11.5. The standard InChI is InChI=1S/C14H21N5O/c1-10(2)8-18(9-11(3)4)13(20)12-16-14-15-6-5-7-19(14)17-12/h5-7,10-11H,8-9H2,1-4H3. The maximum Gasteiger partial charge on any atom is 0.293 e. The molecule has 0 aromatic carbocycles. The molecule has 0 aliphatic carbocycles. The smallest absolute Gasteiger partial charge is 0.293 e. The van der Waals surface area contributed by atoms with Crippen molar-refractivity contribution in [3.8, 4) is 0 Å². The number of aromatic nitrogens is 4. The van der Waals surface area contributed by atoms with Crippen LogP contribution in [0.2, 0.25) is 0 Å². The van der Waals surface area contributed by atoms with Gasteiger partial charge in [-0.15, -0.1) is 5.10 Å². The van der Waals surface area contributed by atoms with Crippen LogP contribution in [0.3, 0.4) is 0 Å². The number of rotatable bonds is 5. The summed E-state index contributed by atoms with van der Waals surface area (Å²) in [5.74, 6) is 1.36. The van der Waals surface area contributed by atoms with Crippen molar-refractivity contribution in [3.05, 3.63) is 24.3 Å². The average molecular weight is 275 g/mol. The van der Waals surface area contributed by atoms with Gasteiger partial charge in [0.2, 0.25) is 5.82 Å². The van der Waals surface area contributed by atoms with Gasteiger partial charge in [-0.3, -0.25) is 4.79 Å². The van der Waals surface area contributed by atoms with Crippen LogP contribution in [0.25, 0.3) is 5.78 Å². The number of hydrogen-bond acceptors (Lipinski definition) is 4. The van der Waals surface area contributed by atoms with Crippen LogP contribution < -0.4 is 0 Å². The van der Waals surface area contributed by atoms with Gasteiger partial charge in [-0.05, 0) is 17.9 Å². The van der Waals surface area contributed by atoms with Crippen molar-refractivity contribution in [1.29, 1.82) is 0 Å². The minimum atomic E-state index is -0.127. The van der Waals surface area contributed by atoms with Crippen LogP contribution in [0, 0.1) is 11.8 Å². The zero-order valence-electron chi connectivity index (χ0n) is 12.4. The highest BCUT2D eigenvalue weighted by molar-refractivity contribution is 5.90. The lowest BCUT2D eigenvalue weighted by molar-refractivity contribution is 0.0703. The van der Waals surface area contributed by atoms with E-state index in [-0.39, 0.29) is 11.7 Å². The molecule has 20 heavy (non-hydrogen) atoms. The molecule has 0 unspecified atom stereocenters. The van der Waals surface area contributed by atoms with E-state index < -0.39 is 0 Å². The Balaban J connectivity index is 2.25. The summed E-state index contributed by atoms with van der Waals surface area (Å²) in [5.41, 5.74) is 0. The van der Waals surface area contributed by atoms with E-state index in [9.17, 15) is 4.79 Å². The Morgan fingerprint density at radius 3 is 2.45 bits per heavy atom. The number of carbonyl (C=O) groups is 1. The van der Waals surface area contributed by atoms with Crippen LogP contribution in [-0.4, -0.2) is 43.5 Å². The van der Waals surface area contributed by atoms with Crippen molar-refractivity contribution in [1.82, 2.24) is 24.5 Å². The molecule has 2 rings (SSSR count). The lowest BCUT2D eigenvalue weighted by atomic mass is 10.1. The van der Waals surface area contributed by atoms with Gasteiger partial charge in [0.1, 0.15) is 0 Å². The fourth-order valence-corrected chi connectivity index (χ4v) is 2.09. The highest BCUT2D eigenvalue weighted by Gasteiger charge is 2.22. The summed E-state index contributed by atoms with van der Waals surface area (Å²) in [7, 11) is 0. The van der Waals surface area contributed by atoms with E-state index in [0.717, 1.165) is 0 Å². The Hall–Kier alpha value is -1.98. The molecule has 1 amide bonds. The molecule has 0 aliphatic heterocycles. The molecule has 0 N–H and O–H groups in total. The first-order valence-electron chi connectivity index (χ1n) is 6.94. The topological polar surface area (TPSA) is 63.4 Å². The Labute approximate surface area is 118 Å². The fraction of sp³-hybridized carbons (Fsp3) is 0.571. The Bertz CT molecular complexity index is 547. The van der Waals surface area contributed by atoms with Crippen molar-refractivity contribution in [2.24, 2.45) is 11.8 Å². The van der Waals surface area contributed by atoms with E-state index in [2.05, 4.69) is 42.8 Å². The van der Waals surface area contributed by atoms with Gasteiger partial charge in [0.05, 0.1) is 0 Å². The average Bonchev–Trinajstić information content (AvgIpc) is 2.79. The zero-order chi connectivity index (χ0) is 14.7. The van der Waals surface area contributed by atoms with Gasteiger partial charge in [0.15, 0.2) is 0 Å². The van der Waals surface area contributed by atoms with Crippen LogP contribution >= 0.6 is 0 Å². The molecule has 0 saturated carbocycles. The third-order valence-corrected chi connectivity index (χ3v) is 2.77. The molecule has 0 radical (unpaired) electrons. The predicted octanol–water partition coefficient (Wildman–Crippen LogP) is 1.88. The molecule has 0 fully saturated rings. The number of carbonyl (C=O) groups excluding carboxylic acids is 1. The lowest BCUT2D eigenvalue weighted by Crippen LogP contribution is -2.37. The zero-order valence-corrected chi connectivity index (χ0v) is 12.4. The monoisotopic (exact) mass is 275 g/mol. The van der Waals surface area contributed by atoms with E-state index in [1.54, 1.807) is 18.5 Å². The van der Waals surface area contributed by atoms with E-state index in [4.69, 9.17) is 0 Å². The number of amides is 1. The third-order valence-electron chi connectivity index (χ3n) is 2.77. The molecule has 6 heteroatoms. The maximum absolute atomic E-state index is 12.5. The molecule has 0 spiro atoms. The first-order chi connectivity index (χ1) is 9.47. The summed E-state index contributed by atoms with van der Waals surface area (Å²) >= 11 is 0. The summed E-state index contributed by atoms with van der Waals surface area (Å²) in [6.07, 6.45) is 3.37. The van der Waals surface area contributed by atoms with Gasteiger partial charge < -0.3 is 4.90 Å². The molecular weight excluding hydrogens is 254 g/mol. The van der Waals surface area contributed by atoms with Crippen LogP contribution in [-0.2, 0) is 0 Å². The van der Waals surface area contributed by atoms with Crippen LogP contribution in [0.15, 0.2) is 18.5 Å². The number of nitrogens with zero attached hydrogens (tertiary/aromatic N) is 5. The number of hydrogen-bond donors (Lipinski definition) is 0. The largest absolute Gasteiger partial charge is 0.335 e. The fourth-order valence-electron chi connectivity index (χ4n) is 2.09. The first-order valence-corrected chi connectivity index (χ1v) is 6.94. The lowest BCUT2D eigenvalue weighted by Gasteiger charge is -2.25. The quantitative estimate of drug-likeness (QED) is 0.835.